The Morgan fingerprint density at radius 2 is 2.04 bits per heavy atom. The molecule has 0 amide bonds. The first-order valence-electron chi connectivity index (χ1n) is 9.15. The molecule has 28 heavy (non-hydrogen) atoms. The van der Waals surface area contributed by atoms with Gasteiger partial charge in [0.05, 0.1) is 0 Å². The Labute approximate surface area is 168 Å². The highest BCUT2D eigenvalue weighted by Gasteiger charge is 2.08. The molecule has 3 aromatic rings. The molecular weight excluding hydrogens is 368 g/mol. The van der Waals surface area contributed by atoms with Gasteiger partial charge in [0, 0.05) is 28.9 Å². The molecule has 142 valence electrons. The number of nitrogens with zero attached hydrogens (tertiary/aromatic N) is 2. The molecule has 0 aliphatic carbocycles. The monoisotopic (exact) mass is 390 g/mol. The number of hydrogen-bond acceptors (Lipinski definition) is 5. The van der Waals surface area contributed by atoms with Crippen LogP contribution in [-0.2, 0) is 6.42 Å². The third-order valence-electron chi connectivity index (χ3n) is 4.26. The summed E-state index contributed by atoms with van der Waals surface area (Å²) in [6.45, 7) is 4.05. The second-order valence-corrected chi connectivity index (χ2v) is 7.38. The van der Waals surface area contributed by atoms with E-state index >= 15 is 0 Å². The van der Waals surface area contributed by atoms with Gasteiger partial charge in [-0.2, -0.15) is 0 Å². The maximum atomic E-state index is 12.4. The first-order chi connectivity index (χ1) is 13.6. The first kappa shape index (κ1) is 19.7. The summed E-state index contributed by atoms with van der Waals surface area (Å²) in [4.78, 5) is 20.8. The minimum atomic E-state index is -0.0527. The van der Waals surface area contributed by atoms with E-state index < -0.39 is 0 Å². The summed E-state index contributed by atoms with van der Waals surface area (Å²) in [6, 6.07) is 11.2. The number of benzene rings is 2. The van der Waals surface area contributed by atoms with E-state index in [0.717, 1.165) is 29.5 Å². The van der Waals surface area contributed by atoms with Crippen molar-refractivity contribution >= 4 is 34.5 Å². The van der Waals surface area contributed by atoms with Crippen molar-refractivity contribution < 1.29 is 9.90 Å². The van der Waals surface area contributed by atoms with E-state index in [9.17, 15) is 9.90 Å². The topological polar surface area (TPSA) is 62.5 Å². The van der Waals surface area contributed by atoms with Crippen LogP contribution in [0.15, 0.2) is 59.0 Å². The van der Waals surface area contributed by atoms with Gasteiger partial charge < -0.3 is 5.11 Å². The van der Waals surface area contributed by atoms with E-state index in [0.29, 0.717) is 16.3 Å². The Hall–Kier alpha value is -3.05. The average Bonchev–Trinajstić information content (AvgIpc) is 3.21. The predicted molar refractivity (Wildman–Crippen MR) is 116 cm³/mol. The minimum absolute atomic E-state index is 0.0527. The summed E-state index contributed by atoms with van der Waals surface area (Å²) in [5.74, 6) is 0.173. The lowest BCUT2D eigenvalue weighted by Crippen LogP contribution is -1.95. The summed E-state index contributed by atoms with van der Waals surface area (Å²) < 4.78 is 0. The SMILES string of the molecule is CCCc1cc(/C=C/C(=O)c2ccc(C)cc2)cc(/C=N/c2nccs2)c1O. The van der Waals surface area contributed by atoms with Gasteiger partial charge >= 0.3 is 0 Å². The largest absolute Gasteiger partial charge is 0.507 e. The number of allylic oxidation sites excluding steroid dienone is 1. The number of aryl methyl sites for hydroxylation is 2. The number of aromatic hydroxyl groups is 1. The third-order valence-corrected chi connectivity index (χ3v) is 4.94. The van der Waals surface area contributed by atoms with Gasteiger partial charge in [-0.25, -0.2) is 9.98 Å². The van der Waals surface area contributed by atoms with Crippen LogP contribution in [0.5, 0.6) is 5.75 Å². The summed E-state index contributed by atoms with van der Waals surface area (Å²) in [6.07, 6.45) is 8.31. The maximum absolute atomic E-state index is 12.4. The van der Waals surface area contributed by atoms with E-state index in [1.54, 1.807) is 24.6 Å². The van der Waals surface area contributed by atoms with Crippen molar-refractivity contribution in [3.8, 4) is 5.75 Å². The number of aromatic nitrogens is 1. The Bertz CT molecular complexity index is 1000. The number of thiazole rings is 1. The zero-order valence-electron chi connectivity index (χ0n) is 15.9. The number of phenols is 1. The molecule has 1 heterocycles. The van der Waals surface area contributed by atoms with Gasteiger partial charge in [-0.15, -0.1) is 11.3 Å². The highest BCUT2D eigenvalue weighted by atomic mass is 32.1. The molecule has 0 unspecified atom stereocenters. The Morgan fingerprint density at radius 1 is 1.25 bits per heavy atom. The molecule has 0 radical (unpaired) electrons. The molecule has 2 aromatic carbocycles. The number of carbonyl (C=O) groups excluding carboxylic acids is 1. The van der Waals surface area contributed by atoms with Crippen molar-refractivity contribution in [2.75, 3.05) is 0 Å². The fourth-order valence-electron chi connectivity index (χ4n) is 2.79. The summed E-state index contributed by atoms with van der Waals surface area (Å²) in [5.41, 5.74) is 4.08. The molecule has 5 heteroatoms. The summed E-state index contributed by atoms with van der Waals surface area (Å²) >= 11 is 1.43. The van der Waals surface area contributed by atoms with Crippen molar-refractivity contribution in [1.82, 2.24) is 4.98 Å². The van der Waals surface area contributed by atoms with Crippen LogP contribution in [0, 0.1) is 6.92 Å². The van der Waals surface area contributed by atoms with E-state index in [1.807, 2.05) is 48.7 Å². The van der Waals surface area contributed by atoms with Crippen molar-refractivity contribution in [2.24, 2.45) is 4.99 Å². The normalized spacial score (nSPS) is 11.5. The number of ketones is 1. The fraction of sp³-hybridized carbons (Fsp3) is 0.174. The van der Waals surface area contributed by atoms with Crippen LogP contribution in [0.3, 0.4) is 0 Å². The van der Waals surface area contributed by atoms with E-state index in [4.69, 9.17) is 0 Å². The van der Waals surface area contributed by atoms with Gasteiger partial charge in [0.15, 0.2) is 5.78 Å². The molecule has 0 saturated heterocycles. The lowest BCUT2D eigenvalue weighted by Gasteiger charge is -2.08. The quantitative estimate of drug-likeness (QED) is 0.317. The van der Waals surface area contributed by atoms with Crippen molar-refractivity contribution in [3.63, 3.8) is 0 Å². The molecule has 1 aromatic heterocycles. The molecule has 1 N–H and O–H groups in total. The highest BCUT2D eigenvalue weighted by molar-refractivity contribution is 7.13. The van der Waals surface area contributed by atoms with Crippen LogP contribution >= 0.6 is 11.3 Å². The van der Waals surface area contributed by atoms with Crippen LogP contribution in [-0.4, -0.2) is 22.1 Å². The number of phenolic OH excluding ortho intramolecular Hbond substituents is 1. The molecule has 0 aliphatic rings. The van der Waals surface area contributed by atoms with Gasteiger partial charge in [-0.3, -0.25) is 4.79 Å². The number of rotatable bonds is 7. The third kappa shape index (κ3) is 5.02. The second kappa shape index (κ2) is 9.24. The zero-order valence-corrected chi connectivity index (χ0v) is 16.7. The molecular formula is C23H22N2O2S. The van der Waals surface area contributed by atoms with Crippen LogP contribution < -0.4 is 0 Å². The lowest BCUT2D eigenvalue weighted by atomic mass is 10.00. The molecule has 0 aliphatic heterocycles. The van der Waals surface area contributed by atoms with Crippen LogP contribution in [0.2, 0.25) is 0 Å². The van der Waals surface area contributed by atoms with Crippen LogP contribution in [0.4, 0.5) is 5.13 Å². The van der Waals surface area contributed by atoms with Gasteiger partial charge in [-0.1, -0.05) is 49.2 Å². The first-order valence-corrected chi connectivity index (χ1v) is 10.0. The molecule has 0 fully saturated rings. The summed E-state index contributed by atoms with van der Waals surface area (Å²) in [7, 11) is 0. The van der Waals surface area contributed by atoms with E-state index in [1.165, 1.54) is 11.3 Å². The van der Waals surface area contributed by atoms with E-state index in [2.05, 4.69) is 16.9 Å². The fourth-order valence-corrected chi connectivity index (χ4v) is 3.27. The lowest BCUT2D eigenvalue weighted by molar-refractivity contribution is 0.104. The Morgan fingerprint density at radius 3 is 2.71 bits per heavy atom. The number of carbonyl (C=O) groups is 1. The number of hydrogen-bond donors (Lipinski definition) is 1. The second-order valence-electron chi connectivity index (χ2n) is 6.50. The van der Waals surface area contributed by atoms with Gasteiger partial charge in [-0.05, 0) is 42.7 Å². The Balaban J connectivity index is 1.89. The van der Waals surface area contributed by atoms with Crippen molar-refractivity contribution in [3.05, 3.63) is 81.9 Å². The average molecular weight is 391 g/mol. The molecule has 4 nitrogen and oxygen atoms in total. The maximum Gasteiger partial charge on any atom is 0.209 e. The predicted octanol–water partition coefficient (Wildman–Crippen LogP) is 5.76. The zero-order chi connectivity index (χ0) is 19.9. The number of aliphatic imine (C=N–C) groups is 1. The molecule has 3 rings (SSSR count). The van der Waals surface area contributed by atoms with Crippen LogP contribution in [0.25, 0.3) is 6.08 Å². The Kier molecular flexibility index (Phi) is 6.50. The van der Waals surface area contributed by atoms with Gasteiger partial charge in [0.2, 0.25) is 5.13 Å². The highest BCUT2D eigenvalue weighted by Crippen LogP contribution is 2.26. The molecule has 0 saturated carbocycles. The smallest absolute Gasteiger partial charge is 0.209 e. The van der Waals surface area contributed by atoms with Crippen LogP contribution in [0.1, 0.15) is 46.0 Å². The van der Waals surface area contributed by atoms with Gasteiger partial charge in [0.25, 0.3) is 0 Å². The van der Waals surface area contributed by atoms with Gasteiger partial charge in [0.1, 0.15) is 5.75 Å². The van der Waals surface area contributed by atoms with Crippen molar-refractivity contribution in [2.45, 2.75) is 26.7 Å². The summed E-state index contributed by atoms with van der Waals surface area (Å²) in [5, 5.41) is 13.0. The molecule has 0 atom stereocenters. The molecule has 0 bridgehead atoms. The molecule has 0 spiro atoms. The van der Waals surface area contributed by atoms with Crippen molar-refractivity contribution in [1.29, 1.82) is 0 Å². The minimum Gasteiger partial charge on any atom is -0.507 e. The standard InChI is InChI=1S/C23H22N2O2S/c1-3-4-19-13-17(7-10-21(26)18-8-5-16(2)6-9-18)14-20(22(19)27)15-25-23-24-11-12-28-23/h5-15,27H,3-4H2,1-2H3/b10-7+,25-15+. The van der Waals surface area contributed by atoms with E-state index in [-0.39, 0.29) is 11.5 Å².